The molecule has 4 nitrogen and oxygen atoms in total. The van der Waals surface area contributed by atoms with Gasteiger partial charge in [-0.15, -0.1) is 0 Å². The van der Waals surface area contributed by atoms with E-state index in [1.807, 2.05) is 18.2 Å². The van der Waals surface area contributed by atoms with Gasteiger partial charge in [-0.05, 0) is 29.7 Å². The van der Waals surface area contributed by atoms with Crippen LogP contribution in [-0.4, -0.2) is 47.7 Å². The van der Waals surface area contributed by atoms with Gasteiger partial charge in [0.2, 0.25) is 0 Å². The lowest BCUT2D eigenvalue weighted by Gasteiger charge is -2.42. The molecule has 0 aliphatic carbocycles. The van der Waals surface area contributed by atoms with Crippen molar-refractivity contribution < 1.29 is 9.52 Å². The van der Waals surface area contributed by atoms with E-state index in [-0.39, 0.29) is 18.7 Å². The molecule has 4 heteroatoms. The summed E-state index contributed by atoms with van der Waals surface area (Å²) in [6.45, 7) is 5.73. The van der Waals surface area contributed by atoms with Gasteiger partial charge in [0.05, 0.1) is 18.7 Å². The summed E-state index contributed by atoms with van der Waals surface area (Å²) in [7, 11) is 0. The number of hydrogen-bond acceptors (Lipinski definition) is 4. The van der Waals surface area contributed by atoms with Crippen molar-refractivity contribution in [2.24, 2.45) is 0 Å². The second-order valence-corrected chi connectivity index (χ2v) is 9.02. The number of aliphatic hydroxyl groups excluding tert-OH is 1. The fourth-order valence-corrected chi connectivity index (χ4v) is 5.13. The summed E-state index contributed by atoms with van der Waals surface area (Å²) in [5.74, 6) is 1.73. The van der Waals surface area contributed by atoms with Gasteiger partial charge < -0.3 is 9.52 Å². The van der Waals surface area contributed by atoms with Crippen LogP contribution >= 0.6 is 0 Å². The zero-order valence-electron chi connectivity index (χ0n) is 19.7. The molecule has 1 saturated heterocycles. The molecule has 1 aliphatic rings. The highest BCUT2D eigenvalue weighted by Gasteiger charge is 2.31. The summed E-state index contributed by atoms with van der Waals surface area (Å²) in [6, 6.07) is 33.8. The zero-order chi connectivity index (χ0) is 23.3. The average molecular weight is 453 g/mol. The summed E-state index contributed by atoms with van der Waals surface area (Å²) in [6.07, 6.45) is 0. The van der Waals surface area contributed by atoms with Crippen LogP contribution in [0.1, 0.15) is 34.5 Å². The van der Waals surface area contributed by atoms with Crippen LogP contribution in [0, 0.1) is 6.92 Å². The van der Waals surface area contributed by atoms with Gasteiger partial charge in [0.1, 0.15) is 11.5 Å². The number of piperazine rings is 1. The van der Waals surface area contributed by atoms with Crippen molar-refractivity contribution in [3.05, 3.63) is 120 Å². The monoisotopic (exact) mass is 452 g/mol. The molecule has 2 heterocycles. The molecule has 34 heavy (non-hydrogen) atoms. The Morgan fingerprint density at radius 2 is 1.24 bits per heavy atom. The molecule has 0 saturated carbocycles. The molecular weight excluding hydrogens is 420 g/mol. The van der Waals surface area contributed by atoms with Crippen molar-refractivity contribution in [3.8, 4) is 11.3 Å². The fraction of sp³-hybridized carbons (Fsp3) is 0.267. The van der Waals surface area contributed by atoms with Gasteiger partial charge in [0.15, 0.2) is 0 Å². The minimum Gasteiger partial charge on any atom is -0.459 e. The normalized spacial score (nSPS) is 16.1. The minimum absolute atomic E-state index is 0.0450. The maximum atomic E-state index is 10.4. The van der Waals surface area contributed by atoms with Crippen LogP contribution in [0.4, 0.5) is 0 Å². The van der Waals surface area contributed by atoms with E-state index in [0.29, 0.717) is 0 Å². The van der Waals surface area contributed by atoms with Crippen molar-refractivity contribution >= 4 is 0 Å². The highest BCUT2D eigenvalue weighted by atomic mass is 16.3. The van der Waals surface area contributed by atoms with E-state index >= 15 is 0 Å². The van der Waals surface area contributed by atoms with E-state index in [9.17, 15) is 5.11 Å². The van der Waals surface area contributed by atoms with Crippen LogP contribution in [0.25, 0.3) is 11.3 Å². The molecule has 0 bridgehead atoms. The summed E-state index contributed by atoms with van der Waals surface area (Å²) < 4.78 is 6.30. The first-order valence-electron chi connectivity index (χ1n) is 12.1. The van der Waals surface area contributed by atoms with Crippen molar-refractivity contribution in [1.82, 2.24) is 9.80 Å². The van der Waals surface area contributed by atoms with Crippen molar-refractivity contribution in [2.75, 3.05) is 32.8 Å². The Kier molecular flexibility index (Phi) is 6.91. The van der Waals surface area contributed by atoms with Crippen LogP contribution in [-0.2, 0) is 0 Å². The summed E-state index contributed by atoms with van der Waals surface area (Å²) in [5, 5.41) is 10.4. The predicted molar refractivity (Wildman–Crippen MR) is 137 cm³/mol. The van der Waals surface area contributed by atoms with E-state index in [1.165, 1.54) is 11.1 Å². The third-order valence-electron chi connectivity index (χ3n) is 6.88. The lowest BCUT2D eigenvalue weighted by Crippen LogP contribution is -2.49. The maximum Gasteiger partial charge on any atom is 0.134 e. The van der Waals surface area contributed by atoms with E-state index < -0.39 is 0 Å². The Morgan fingerprint density at radius 1 is 0.735 bits per heavy atom. The van der Waals surface area contributed by atoms with Crippen LogP contribution < -0.4 is 0 Å². The van der Waals surface area contributed by atoms with E-state index in [0.717, 1.165) is 48.8 Å². The first-order chi connectivity index (χ1) is 16.7. The predicted octanol–water partition coefficient (Wildman–Crippen LogP) is 5.70. The summed E-state index contributed by atoms with van der Waals surface area (Å²) >= 11 is 0. The largest absolute Gasteiger partial charge is 0.459 e. The molecule has 0 radical (unpaired) electrons. The summed E-state index contributed by atoms with van der Waals surface area (Å²) in [5.41, 5.74) is 4.78. The van der Waals surface area contributed by atoms with E-state index in [1.54, 1.807) is 0 Å². The third kappa shape index (κ3) is 4.71. The lowest BCUT2D eigenvalue weighted by molar-refractivity contribution is 0.0445. The SMILES string of the molecule is Cc1cc(-c2ccccc2)oc1C(CO)N1CCN(C(c2ccccc2)c2ccccc2)CC1. The van der Waals surface area contributed by atoms with Gasteiger partial charge in [0.25, 0.3) is 0 Å². The number of rotatable bonds is 7. The first kappa shape index (κ1) is 22.6. The van der Waals surface area contributed by atoms with Crippen LogP contribution in [0.2, 0.25) is 0 Å². The topological polar surface area (TPSA) is 39.9 Å². The number of hydrogen-bond donors (Lipinski definition) is 1. The Balaban J connectivity index is 1.34. The second-order valence-electron chi connectivity index (χ2n) is 9.02. The van der Waals surface area contributed by atoms with E-state index in [4.69, 9.17) is 4.42 Å². The third-order valence-corrected chi connectivity index (χ3v) is 6.88. The van der Waals surface area contributed by atoms with Crippen molar-refractivity contribution in [2.45, 2.75) is 19.0 Å². The molecule has 0 amide bonds. The van der Waals surface area contributed by atoms with Gasteiger partial charge >= 0.3 is 0 Å². The van der Waals surface area contributed by atoms with Gasteiger partial charge in [-0.3, -0.25) is 9.80 Å². The van der Waals surface area contributed by atoms with Gasteiger partial charge in [-0.1, -0.05) is 91.0 Å². The molecule has 4 aromatic rings. The second kappa shape index (κ2) is 10.4. The molecule has 1 fully saturated rings. The van der Waals surface area contributed by atoms with Gasteiger partial charge in [-0.2, -0.15) is 0 Å². The van der Waals surface area contributed by atoms with Gasteiger partial charge in [0, 0.05) is 31.7 Å². The number of furan rings is 1. The van der Waals surface area contributed by atoms with Crippen molar-refractivity contribution in [3.63, 3.8) is 0 Å². The Labute approximate surface area is 202 Å². The Hall–Kier alpha value is -3.18. The smallest absolute Gasteiger partial charge is 0.134 e. The molecule has 1 N–H and O–H groups in total. The highest BCUT2D eigenvalue weighted by Crippen LogP contribution is 2.34. The molecule has 5 rings (SSSR count). The van der Waals surface area contributed by atoms with Gasteiger partial charge in [-0.25, -0.2) is 0 Å². The number of benzene rings is 3. The summed E-state index contributed by atoms with van der Waals surface area (Å²) in [4.78, 5) is 4.92. The average Bonchev–Trinajstić information content (AvgIpc) is 3.29. The van der Waals surface area contributed by atoms with Crippen LogP contribution in [0.5, 0.6) is 0 Å². The molecule has 1 aromatic heterocycles. The van der Waals surface area contributed by atoms with E-state index in [2.05, 4.69) is 95.6 Å². The lowest BCUT2D eigenvalue weighted by atomic mass is 9.96. The van der Waals surface area contributed by atoms with Crippen LogP contribution in [0.3, 0.4) is 0 Å². The number of aryl methyl sites for hydroxylation is 1. The molecule has 3 aromatic carbocycles. The quantitative estimate of drug-likeness (QED) is 0.391. The molecule has 1 unspecified atom stereocenters. The molecule has 1 atom stereocenters. The standard InChI is InChI=1S/C30H32N2O2/c1-23-21-28(24-11-5-2-6-12-24)34-30(23)27(22-33)31-17-19-32(20-18-31)29(25-13-7-3-8-14-25)26-15-9-4-10-16-26/h2-16,21,27,29,33H,17-20,22H2,1H3. The fourth-order valence-electron chi connectivity index (χ4n) is 5.13. The Morgan fingerprint density at radius 3 is 1.76 bits per heavy atom. The highest BCUT2D eigenvalue weighted by molar-refractivity contribution is 5.58. The maximum absolute atomic E-state index is 10.4. The van der Waals surface area contributed by atoms with Crippen molar-refractivity contribution in [1.29, 1.82) is 0 Å². The first-order valence-corrected chi connectivity index (χ1v) is 12.1. The zero-order valence-corrected chi connectivity index (χ0v) is 19.7. The number of nitrogens with zero attached hydrogens (tertiary/aromatic N) is 2. The molecule has 0 spiro atoms. The number of aliphatic hydroxyl groups is 1. The molecular formula is C30H32N2O2. The minimum atomic E-state index is -0.133. The van der Waals surface area contributed by atoms with Crippen LogP contribution in [0.15, 0.2) is 101 Å². The molecule has 1 aliphatic heterocycles. The Bertz CT molecular complexity index is 1130. The molecule has 174 valence electrons.